The van der Waals surface area contributed by atoms with Crippen LogP contribution in [0.5, 0.6) is 0 Å². The van der Waals surface area contributed by atoms with Crippen molar-refractivity contribution in [2.24, 2.45) is 0 Å². The summed E-state index contributed by atoms with van der Waals surface area (Å²) in [6.07, 6.45) is 4.37. The van der Waals surface area contributed by atoms with Gasteiger partial charge in [0.1, 0.15) is 15.8 Å². The van der Waals surface area contributed by atoms with Gasteiger partial charge in [0.15, 0.2) is 0 Å². The van der Waals surface area contributed by atoms with Crippen LogP contribution in [0.3, 0.4) is 0 Å². The lowest BCUT2D eigenvalue weighted by Gasteiger charge is -2.31. The van der Waals surface area contributed by atoms with Gasteiger partial charge in [0, 0.05) is 18.4 Å². The molecule has 3 heterocycles. The number of carbonyl (C=O) groups excluding carboxylic acids is 1. The van der Waals surface area contributed by atoms with Crippen LogP contribution in [0.2, 0.25) is 5.15 Å². The highest BCUT2D eigenvalue weighted by atomic mass is 35.5. The molecule has 2 aromatic heterocycles. The Bertz CT molecular complexity index is 1130. The number of sulfonamides is 1. The lowest BCUT2D eigenvalue weighted by molar-refractivity contribution is -0.119. The van der Waals surface area contributed by atoms with Crippen LogP contribution in [0.1, 0.15) is 17.7 Å². The van der Waals surface area contributed by atoms with Crippen LogP contribution in [0.4, 0.5) is 5.69 Å². The number of carbonyl (C=O) groups is 1. The number of amides is 1. The Kier molecular flexibility index (Phi) is 5.90. The second-order valence-electron chi connectivity index (χ2n) is 6.95. The second kappa shape index (κ2) is 8.59. The van der Waals surface area contributed by atoms with E-state index in [4.69, 9.17) is 16.0 Å². The number of benzene rings is 1. The number of pyridine rings is 1. The average Bonchev–Trinajstić information content (AvgIpc) is 3.26. The summed E-state index contributed by atoms with van der Waals surface area (Å²) in [6.45, 7) is 0.159. The van der Waals surface area contributed by atoms with Crippen LogP contribution in [-0.4, -0.2) is 36.7 Å². The summed E-state index contributed by atoms with van der Waals surface area (Å²) in [7, 11) is -4.00. The third kappa shape index (κ3) is 4.26. The smallest absolute Gasteiger partial charge is 0.245 e. The molecule has 30 heavy (non-hydrogen) atoms. The third-order valence-electron chi connectivity index (χ3n) is 4.97. The summed E-state index contributed by atoms with van der Waals surface area (Å²) in [5, 5.41) is 0.188. The highest BCUT2D eigenvalue weighted by Crippen LogP contribution is 2.27. The second-order valence-corrected chi connectivity index (χ2v) is 9.27. The first-order valence-electron chi connectivity index (χ1n) is 9.47. The number of rotatable bonds is 6. The number of anilines is 1. The van der Waals surface area contributed by atoms with Gasteiger partial charge < -0.3 is 9.32 Å². The summed E-state index contributed by atoms with van der Waals surface area (Å²) in [5.41, 5.74) is 1.91. The molecule has 0 N–H and O–H groups in total. The Labute approximate surface area is 179 Å². The maximum absolute atomic E-state index is 13.3. The highest BCUT2D eigenvalue weighted by Gasteiger charge is 2.31. The van der Waals surface area contributed by atoms with Crippen LogP contribution in [0, 0.1) is 0 Å². The zero-order valence-corrected chi connectivity index (χ0v) is 17.6. The van der Waals surface area contributed by atoms with E-state index in [2.05, 4.69) is 4.98 Å². The molecule has 7 nitrogen and oxygen atoms in total. The van der Waals surface area contributed by atoms with Crippen molar-refractivity contribution in [2.45, 2.75) is 24.3 Å². The fourth-order valence-electron chi connectivity index (χ4n) is 3.50. The Morgan fingerprint density at radius 1 is 1.17 bits per heavy atom. The van der Waals surface area contributed by atoms with E-state index in [1.165, 1.54) is 24.6 Å². The molecule has 0 bridgehead atoms. The van der Waals surface area contributed by atoms with E-state index in [0.29, 0.717) is 12.3 Å². The van der Waals surface area contributed by atoms with Gasteiger partial charge in [-0.2, -0.15) is 4.31 Å². The molecule has 0 radical (unpaired) electrons. The van der Waals surface area contributed by atoms with E-state index in [-0.39, 0.29) is 29.0 Å². The monoisotopic (exact) mass is 445 g/mol. The summed E-state index contributed by atoms with van der Waals surface area (Å²) in [4.78, 5) is 18.7. The van der Waals surface area contributed by atoms with Gasteiger partial charge in [0.05, 0.1) is 19.4 Å². The highest BCUT2D eigenvalue weighted by molar-refractivity contribution is 7.89. The fourth-order valence-corrected chi connectivity index (χ4v) is 4.91. The Balaban J connectivity index is 1.64. The molecule has 0 unspecified atom stereocenters. The van der Waals surface area contributed by atoms with E-state index in [9.17, 15) is 13.2 Å². The van der Waals surface area contributed by atoms with E-state index in [1.54, 1.807) is 17.0 Å². The van der Waals surface area contributed by atoms with Crippen LogP contribution in [0.25, 0.3) is 0 Å². The molecule has 1 aliphatic rings. The zero-order valence-electron chi connectivity index (χ0n) is 16.1. The Hall–Kier alpha value is -2.68. The first kappa shape index (κ1) is 20.6. The number of hydrogen-bond acceptors (Lipinski definition) is 5. The van der Waals surface area contributed by atoms with Crippen molar-refractivity contribution in [1.29, 1.82) is 0 Å². The summed E-state index contributed by atoms with van der Waals surface area (Å²) < 4.78 is 33.0. The van der Waals surface area contributed by atoms with Gasteiger partial charge in [-0.25, -0.2) is 13.4 Å². The largest absolute Gasteiger partial charge is 0.468 e. The molecule has 0 spiro atoms. The summed E-state index contributed by atoms with van der Waals surface area (Å²) in [5.74, 6) is 0.145. The number of hydrogen-bond donors (Lipinski definition) is 0. The van der Waals surface area contributed by atoms with Gasteiger partial charge >= 0.3 is 0 Å². The van der Waals surface area contributed by atoms with Crippen LogP contribution in [-0.2, 0) is 27.8 Å². The molecule has 0 saturated heterocycles. The number of aromatic nitrogens is 1. The molecule has 156 valence electrons. The maximum Gasteiger partial charge on any atom is 0.245 e. The average molecular weight is 446 g/mol. The summed E-state index contributed by atoms with van der Waals surface area (Å²) in [6, 6.07) is 13.8. The third-order valence-corrected chi connectivity index (χ3v) is 6.97. The molecule has 0 atom stereocenters. The number of nitrogens with zero attached hydrogens (tertiary/aromatic N) is 3. The molecule has 1 aliphatic heterocycles. The molecule has 3 aromatic rings. The fraction of sp³-hybridized carbons (Fsp3) is 0.238. The lowest BCUT2D eigenvalue weighted by atomic mass is 10.0. The molecular formula is C21H20ClN3O4S. The van der Waals surface area contributed by atoms with Crippen molar-refractivity contribution in [3.63, 3.8) is 0 Å². The minimum Gasteiger partial charge on any atom is -0.468 e. The van der Waals surface area contributed by atoms with Gasteiger partial charge in [0.25, 0.3) is 0 Å². The van der Waals surface area contributed by atoms with E-state index in [1.807, 2.05) is 24.3 Å². The Morgan fingerprint density at radius 2 is 2.00 bits per heavy atom. The predicted molar refractivity (Wildman–Crippen MR) is 113 cm³/mol. The molecule has 9 heteroatoms. The van der Waals surface area contributed by atoms with E-state index in [0.717, 1.165) is 28.4 Å². The normalized spacial score (nSPS) is 14.0. The minimum absolute atomic E-state index is 0.0368. The number of aryl methyl sites for hydroxylation is 1. The molecule has 0 aliphatic carbocycles. The number of furan rings is 1. The number of fused-ring (bicyclic) bond motifs is 1. The summed E-state index contributed by atoms with van der Waals surface area (Å²) >= 11 is 5.79. The SMILES string of the molecule is O=C(CN(Cc1ccco1)S(=O)(=O)c1ccc(Cl)nc1)N1CCCc2ccccc21. The van der Waals surface area contributed by atoms with E-state index >= 15 is 0 Å². The van der Waals surface area contributed by atoms with Gasteiger partial charge in [0.2, 0.25) is 15.9 Å². The molecule has 4 rings (SSSR count). The van der Waals surface area contributed by atoms with Gasteiger partial charge in [-0.05, 0) is 48.7 Å². The molecule has 0 saturated carbocycles. The molecule has 1 aromatic carbocycles. The van der Waals surface area contributed by atoms with Crippen molar-refractivity contribution >= 4 is 33.2 Å². The van der Waals surface area contributed by atoms with Gasteiger partial charge in [-0.15, -0.1) is 0 Å². The van der Waals surface area contributed by atoms with Gasteiger partial charge in [-0.3, -0.25) is 4.79 Å². The van der Waals surface area contributed by atoms with Crippen LogP contribution >= 0.6 is 11.6 Å². The molecule has 0 fully saturated rings. The molecular weight excluding hydrogens is 426 g/mol. The van der Waals surface area contributed by atoms with Crippen molar-refractivity contribution in [1.82, 2.24) is 9.29 Å². The number of para-hydroxylation sites is 1. The standard InChI is InChI=1S/C21H20ClN3O4S/c22-20-10-9-18(13-23-20)30(27,28)24(14-17-7-4-12-29-17)15-21(26)25-11-3-6-16-5-1-2-8-19(16)25/h1-2,4-5,7-10,12-13H,3,6,11,14-15H2. The van der Waals surface area contributed by atoms with Crippen molar-refractivity contribution in [2.75, 3.05) is 18.0 Å². The number of halogens is 1. The topological polar surface area (TPSA) is 83.7 Å². The minimum atomic E-state index is -4.00. The van der Waals surface area contributed by atoms with Crippen molar-refractivity contribution < 1.29 is 17.6 Å². The Morgan fingerprint density at radius 3 is 2.73 bits per heavy atom. The molecule has 1 amide bonds. The zero-order chi connectivity index (χ0) is 21.1. The first-order valence-corrected chi connectivity index (χ1v) is 11.3. The van der Waals surface area contributed by atoms with E-state index < -0.39 is 10.0 Å². The van der Waals surface area contributed by atoms with Crippen molar-refractivity contribution in [3.8, 4) is 0 Å². The predicted octanol–water partition coefficient (Wildman–Crippen LogP) is 3.50. The maximum atomic E-state index is 13.3. The first-order chi connectivity index (χ1) is 14.4. The van der Waals surface area contributed by atoms with Crippen molar-refractivity contribution in [3.05, 3.63) is 77.5 Å². The van der Waals surface area contributed by atoms with Crippen LogP contribution in [0.15, 0.2) is 70.3 Å². The quantitative estimate of drug-likeness (QED) is 0.542. The van der Waals surface area contributed by atoms with Gasteiger partial charge in [-0.1, -0.05) is 29.8 Å². The lowest BCUT2D eigenvalue weighted by Crippen LogP contribution is -2.44. The van der Waals surface area contributed by atoms with Crippen LogP contribution < -0.4 is 4.90 Å².